The van der Waals surface area contributed by atoms with Crippen molar-refractivity contribution >= 4 is 11.6 Å². The summed E-state index contributed by atoms with van der Waals surface area (Å²) >= 11 is 0. The summed E-state index contributed by atoms with van der Waals surface area (Å²) in [5.74, 6) is -0.0299. The number of benzene rings is 2. The molecule has 120 valence electrons. The molecule has 1 aliphatic heterocycles. The van der Waals surface area contributed by atoms with Crippen LogP contribution in [0, 0.1) is 0 Å². The molecule has 1 heterocycles. The highest BCUT2D eigenvalue weighted by molar-refractivity contribution is 5.85. The Hall–Kier alpha value is -2.33. The van der Waals surface area contributed by atoms with E-state index in [0.717, 1.165) is 16.8 Å². The fourth-order valence-corrected chi connectivity index (χ4v) is 3.05. The lowest BCUT2D eigenvalue weighted by molar-refractivity contribution is -0.122. The van der Waals surface area contributed by atoms with Gasteiger partial charge in [-0.1, -0.05) is 48.5 Å². The van der Waals surface area contributed by atoms with Crippen LogP contribution in [0.25, 0.3) is 0 Å². The van der Waals surface area contributed by atoms with Gasteiger partial charge in [0.15, 0.2) is 0 Å². The molecule has 0 unspecified atom stereocenters. The van der Waals surface area contributed by atoms with Gasteiger partial charge in [-0.05, 0) is 24.1 Å². The van der Waals surface area contributed by atoms with Gasteiger partial charge in [0, 0.05) is 25.2 Å². The van der Waals surface area contributed by atoms with E-state index in [9.17, 15) is 9.90 Å². The SMILES string of the molecule is C[C@H](C(=O)NCc1ccccc1)N1C[C@@H](O)Cc2ccccc21. The Morgan fingerprint density at radius 2 is 1.91 bits per heavy atom. The van der Waals surface area contributed by atoms with E-state index in [4.69, 9.17) is 0 Å². The second kappa shape index (κ2) is 6.84. The maximum absolute atomic E-state index is 12.5. The normalized spacial score (nSPS) is 18.2. The Morgan fingerprint density at radius 3 is 2.70 bits per heavy atom. The predicted molar refractivity (Wildman–Crippen MR) is 91.2 cm³/mol. The quantitative estimate of drug-likeness (QED) is 0.909. The highest BCUT2D eigenvalue weighted by Gasteiger charge is 2.29. The van der Waals surface area contributed by atoms with Crippen molar-refractivity contribution in [3.63, 3.8) is 0 Å². The molecule has 0 fully saturated rings. The van der Waals surface area contributed by atoms with Gasteiger partial charge in [0.05, 0.1) is 6.10 Å². The van der Waals surface area contributed by atoms with Crippen LogP contribution >= 0.6 is 0 Å². The number of carbonyl (C=O) groups is 1. The average Bonchev–Trinajstić information content (AvgIpc) is 2.59. The molecule has 2 atom stereocenters. The van der Waals surface area contributed by atoms with Gasteiger partial charge >= 0.3 is 0 Å². The van der Waals surface area contributed by atoms with Gasteiger partial charge in [0.1, 0.15) is 6.04 Å². The Bertz CT molecular complexity index is 672. The van der Waals surface area contributed by atoms with Crippen LogP contribution in [-0.4, -0.2) is 29.7 Å². The third-order valence-corrected chi connectivity index (χ3v) is 4.32. The van der Waals surface area contributed by atoms with Crippen molar-refractivity contribution in [1.29, 1.82) is 0 Å². The van der Waals surface area contributed by atoms with E-state index in [2.05, 4.69) is 5.32 Å². The summed E-state index contributed by atoms with van der Waals surface area (Å²) in [6, 6.07) is 17.5. The smallest absolute Gasteiger partial charge is 0.242 e. The highest BCUT2D eigenvalue weighted by atomic mass is 16.3. The zero-order valence-corrected chi connectivity index (χ0v) is 13.3. The second-order valence-corrected chi connectivity index (χ2v) is 6.02. The van der Waals surface area contributed by atoms with E-state index in [-0.39, 0.29) is 11.9 Å². The van der Waals surface area contributed by atoms with Crippen LogP contribution in [-0.2, 0) is 17.8 Å². The average molecular weight is 310 g/mol. The van der Waals surface area contributed by atoms with Crippen LogP contribution in [0.1, 0.15) is 18.1 Å². The summed E-state index contributed by atoms with van der Waals surface area (Å²) in [6.45, 7) is 2.88. The zero-order valence-electron chi connectivity index (χ0n) is 13.3. The Labute approximate surface area is 136 Å². The van der Waals surface area contributed by atoms with Gasteiger partial charge in [0.2, 0.25) is 5.91 Å². The molecule has 0 aromatic heterocycles. The fraction of sp³-hybridized carbons (Fsp3) is 0.316. The number of carbonyl (C=O) groups excluding carboxylic acids is 1. The molecule has 2 N–H and O–H groups in total. The molecule has 0 aliphatic carbocycles. The topological polar surface area (TPSA) is 52.6 Å². The van der Waals surface area contributed by atoms with Gasteiger partial charge < -0.3 is 15.3 Å². The van der Waals surface area contributed by atoms with Crippen molar-refractivity contribution in [2.24, 2.45) is 0 Å². The number of aliphatic hydroxyl groups excluding tert-OH is 1. The molecule has 4 nitrogen and oxygen atoms in total. The minimum absolute atomic E-state index is 0.0299. The summed E-state index contributed by atoms with van der Waals surface area (Å²) in [5, 5.41) is 13.1. The second-order valence-electron chi connectivity index (χ2n) is 6.02. The molecule has 2 aromatic carbocycles. The van der Waals surface area contributed by atoms with Crippen LogP contribution in [0.15, 0.2) is 54.6 Å². The summed E-state index contributed by atoms with van der Waals surface area (Å²) in [6.07, 6.45) is 0.208. The van der Waals surface area contributed by atoms with Crippen LogP contribution < -0.4 is 10.2 Å². The molecular weight excluding hydrogens is 288 g/mol. The van der Waals surface area contributed by atoms with Crippen LogP contribution in [0.4, 0.5) is 5.69 Å². The number of para-hydroxylation sites is 1. The van der Waals surface area contributed by atoms with Crippen molar-refractivity contribution in [3.8, 4) is 0 Å². The molecular formula is C19H22N2O2. The number of anilines is 1. The molecule has 0 radical (unpaired) electrons. The highest BCUT2D eigenvalue weighted by Crippen LogP contribution is 2.28. The summed E-state index contributed by atoms with van der Waals surface area (Å²) in [7, 11) is 0. The van der Waals surface area contributed by atoms with E-state index in [1.165, 1.54) is 0 Å². The molecule has 1 aliphatic rings. The van der Waals surface area contributed by atoms with E-state index in [1.54, 1.807) is 0 Å². The van der Waals surface area contributed by atoms with Crippen LogP contribution in [0.5, 0.6) is 0 Å². The Kier molecular flexibility index (Phi) is 4.63. The van der Waals surface area contributed by atoms with Gasteiger partial charge in [-0.15, -0.1) is 0 Å². The number of nitrogens with zero attached hydrogens (tertiary/aromatic N) is 1. The van der Waals surface area contributed by atoms with Crippen LogP contribution in [0.3, 0.4) is 0 Å². The van der Waals surface area contributed by atoms with Gasteiger partial charge in [-0.2, -0.15) is 0 Å². The number of hydrogen-bond donors (Lipinski definition) is 2. The van der Waals surface area contributed by atoms with E-state index in [0.29, 0.717) is 19.5 Å². The molecule has 23 heavy (non-hydrogen) atoms. The number of aliphatic hydroxyl groups is 1. The summed E-state index contributed by atoms with van der Waals surface area (Å²) < 4.78 is 0. The fourth-order valence-electron chi connectivity index (χ4n) is 3.05. The van der Waals surface area contributed by atoms with E-state index >= 15 is 0 Å². The maximum atomic E-state index is 12.5. The zero-order chi connectivity index (χ0) is 16.2. The predicted octanol–water partition coefficient (Wildman–Crippen LogP) is 2.11. The van der Waals surface area contributed by atoms with Crippen molar-refractivity contribution in [1.82, 2.24) is 5.32 Å². The van der Waals surface area contributed by atoms with Crippen LogP contribution in [0.2, 0.25) is 0 Å². The van der Waals surface area contributed by atoms with Gasteiger partial charge in [-0.25, -0.2) is 0 Å². The number of rotatable bonds is 4. The molecule has 3 rings (SSSR count). The molecule has 0 spiro atoms. The molecule has 4 heteroatoms. The van der Waals surface area contributed by atoms with Crippen molar-refractivity contribution in [2.45, 2.75) is 32.0 Å². The summed E-state index contributed by atoms with van der Waals surface area (Å²) in [5.41, 5.74) is 3.21. The largest absolute Gasteiger partial charge is 0.391 e. The summed E-state index contributed by atoms with van der Waals surface area (Å²) in [4.78, 5) is 14.5. The number of nitrogens with one attached hydrogen (secondary N) is 1. The first-order chi connectivity index (χ1) is 11.1. The lowest BCUT2D eigenvalue weighted by atomic mass is 9.98. The maximum Gasteiger partial charge on any atom is 0.242 e. The minimum Gasteiger partial charge on any atom is -0.391 e. The molecule has 0 saturated carbocycles. The first-order valence-corrected chi connectivity index (χ1v) is 7.99. The third kappa shape index (κ3) is 3.54. The number of fused-ring (bicyclic) bond motifs is 1. The number of amides is 1. The van der Waals surface area contributed by atoms with Crippen molar-refractivity contribution < 1.29 is 9.90 Å². The van der Waals surface area contributed by atoms with Gasteiger partial charge in [-0.3, -0.25) is 4.79 Å². The van der Waals surface area contributed by atoms with E-state index in [1.807, 2.05) is 66.4 Å². The van der Waals surface area contributed by atoms with Crippen molar-refractivity contribution in [2.75, 3.05) is 11.4 Å². The molecule has 2 aromatic rings. The third-order valence-electron chi connectivity index (χ3n) is 4.32. The monoisotopic (exact) mass is 310 g/mol. The first-order valence-electron chi connectivity index (χ1n) is 7.99. The first kappa shape index (κ1) is 15.6. The molecule has 0 saturated heterocycles. The lowest BCUT2D eigenvalue weighted by Gasteiger charge is -2.37. The number of β-amino-alcohol motifs (C(OH)–C–C–N with tert-alkyl or cyclic N) is 1. The molecule has 1 amide bonds. The van der Waals surface area contributed by atoms with Gasteiger partial charge in [0.25, 0.3) is 0 Å². The molecule has 0 bridgehead atoms. The van der Waals surface area contributed by atoms with E-state index < -0.39 is 6.10 Å². The minimum atomic E-state index is -0.436. The lowest BCUT2D eigenvalue weighted by Crippen LogP contribution is -2.50. The number of hydrogen-bond acceptors (Lipinski definition) is 3. The Balaban J connectivity index is 1.70. The standard InChI is InChI=1S/C19H22N2O2/c1-14(19(23)20-12-15-7-3-2-4-8-15)21-13-17(22)11-16-9-5-6-10-18(16)21/h2-10,14,17,22H,11-13H2,1H3,(H,20,23)/t14-,17+/m1/s1. The van der Waals surface area contributed by atoms with Crippen molar-refractivity contribution in [3.05, 3.63) is 65.7 Å². The Morgan fingerprint density at radius 1 is 1.22 bits per heavy atom.